The van der Waals surface area contributed by atoms with Crippen LogP contribution in [0.15, 0.2) is 18.3 Å². The van der Waals surface area contributed by atoms with E-state index in [1.54, 1.807) is 12.3 Å². The van der Waals surface area contributed by atoms with Crippen molar-refractivity contribution < 1.29 is 14.3 Å². The SMILES string of the molecule is Cc1cccnc1NC(=O)C(=O)NC[C@@H]1CCCO1. The Labute approximate surface area is 111 Å². The van der Waals surface area contributed by atoms with Gasteiger partial charge in [-0.2, -0.15) is 0 Å². The fourth-order valence-corrected chi connectivity index (χ4v) is 1.87. The third kappa shape index (κ3) is 3.75. The molecule has 0 bridgehead atoms. The van der Waals surface area contributed by atoms with Gasteiger partial charge in [-0.1, -0.05) is 6.07 Å². The monoisotopic (exact) mass is 263 g/mol. The maximum atomic E-state index is 11.7. The van der Waals surface area contributed by atoms with E-state index in [0.717, 1.165) is 25.0 Å². The van der Waals surface area contributed by atoms with Crippen molar-refractivity contribution in [1.29, 1.82) is 0 Å². The van der Waals surface area contributed by atoms with Crippen LogP contribution in [0.25, 0.3) is 0 Å². The lowest BCUT2D eigenvalue weighted by Crippen LogP contribution is -2.39. The van der Waals surface area contributed by atoms with Gasteiger partial charge in [0, 0.05) is 19.3 Å². The van der Waals surface area contributed by atoms with E-state index in [4.69, 9.17) is 4.74 Å². The van der Waals surface area contributed by atoms with Crippen LogP contribution >= 0.6 is 0 Å². The summed E-state index contributed by atoms with van der Waals surface area (Å²) in [5.74, 6) is -0.972. The summed E-state index contributed by atoms with van der Waals surface area (Å²) in [5, 5.41) is 5.04. The van der Waals surface area contributed by atoms with Gasteiger partial charge >= 0.3 is 11.8 Å². The number of amides is 2. The molecule has 2 amide bonds. The van der Waals surface area contributed by atoms with Crippen LogP contribution < -0.4 is 10.6 Å². The summed E-state index contributed by atoms with van der Waals surface area (Å²) in [4.78, 5) is 27.3. The van der Waals surface area contributed by atoms with Crippen molar-refractivity contribution in [2.24, 2.45) is 0 Å². The average Bonchev–Trinajstić information content (AvgIpc) is 2.91. The number of nitrogens with zero attached hydrogens (tertiary/aromatic N) is 1. The van der Waals surface area contributed by atoms with Gasteiger partial charge < -0.3 is 15.4 Å². The Morgan fingerprint density at radius 2 is 2.32 bits per heavy atom. The predicted octanol–water partition coefficient (Wildman–Crippen LogP) is 0.624. The summed E-state index contributed by atoms with van der Waals surface area (Å²) in [6.45, 7) is 2.90. The lowest BCUT2D eigenvalue weighted by Gasteiger charge is -2.11. The second kappa shape index (κ2) is 6.29. The third-order valence-electron chi connectivity index (χ3n) is 2.96. The first-order valence-electron chi connectivity index (χ1n) is 6.29. The Bertz CT molecular complexity index is 470. The van der Waals surface area contributed by atoms with E-state index in [2.05, 4.69) is 15.6 Å². The number of aromatic nitrogens is 1. The number of pyridine rings is 1. The Balaban J connectivity index is 1.82. The number of rotatable bonds is 3. The molecule has 0 aromatic carbocycles. The zero-order valence-electron chi connectivity index (χ0n) is 10.8. The second-order valence-electron chi connectivity index (χ2n) is 4.47. The van der Waals surface area contributed by atoms with Crippen LogP contribution in [0.1, 0.15) is 18.4 Å². The lowest BCUT2D eigenvalue weighted by molar-refractivity contribution is -0.136. The summed E-state index contributed by atoms with van der Waals surface area (Å²) >= 11 is 0. The molecular weight excluding hydrogens is 246 g/mol. The van der Waals surface area contributed by atoms with E-state index >= 15 is 0 Å². The predicted molar refractivity (Wildman–Crippen MR) is 69.6 cm³/mol. The molecule has 0 unspecified atom stereocenters. The Morgan fingerprint density at radius 3 is 3.00 bits per heavy atom. The van der Waals surface area contributed by atoms with Gasteiger partial charge in [0.05, 0.1) is 6.10 Å². The van der Waals surface area contributed by atoms with Gasteiger partial charge in [0.1, 0.15) is 5.82 Å². The highest BCUT2D eigenvalue weighted by atomic mass is 16.5. The van der Waals surface area contributed by atoms with Crippen LogP contribution in [-0.2, 0) is 14.3 Å². The number of carbonyl (C=O) groups excluding carboxylic acids is 2. The van der Waals surface area contributed by atoms with E-state index < -0.39 is 11.8 Å². The first-order chi connectivity index (χ1) is 9.16. The van der Waals surface area contributed by atoms with Crippen molar-refractivity contribution in [3.05, 3.63) is 23.9 Å². The molecule has 1 atom stereocenters. The van der Waals surface area contributed by atoms with Crippen LogP contribution in [0.3, 0.4) is 0 Å². The summed E-state index contributed by atoms with van der Waals surface area (Å²) in [6, 6.07) is 3.58. The number of ether oxygens (including phenoxy) is 1. The number of carbonyl (C=O) groups is 2. The van der Waals surface area contributed by atoms with Gasteiger partial charge in [-0.25, -0.2) is 4.98 Å². The minimum absolute atomic E-state index is 0.0216. The van der Waals surface area contributed by atoms with E-state index in [1.807, 2.05) is 13.0 Å². The molecule has 2 N–H and O–H groups in total. The van der Waals surface area contributed by atoms with Crippen molar-refractivity contribution in [3.63, 3.8) is 0 Å². The maximum Gasteiger partial charge on any atom is 0.314 e. The fraction of sp³-hybridized carbons (Fsp3) is 0.462. The molecule has 0 spiro atoms. The van der Waals surface area contributed by atoms with E-state index in [-0.39, 0.29) is 6.10 Å². The molecule has 1 aromatic heterocycles. The first-order valence-corrected chi connectivity index (χ1v) is 6.29. The minimum Gasteiger partial charge on any atom is -0.376 e. The number of hydrogen-bond acceptors (Lipinski definition) is 4. The first kappa shape index (κ1) is 13.5. The molecule has 1 fully saturated rings. The molecule has 6 heteroatoms. The highest BCUT2D eigenvalue weighted by molar-refractivity contribution is 6.39. The molecule has 0 saturated carbocycles. The summed E-state index contributed by atoms with van der Waals surface area (Å²) in [6.07, 6.45) is 3.50. The molecule has 6 nitrogen and oxygen atoms in total. The maximum absolute atomic E-state index is 11.7. The molecule has 1 saturated heterocycles. The molecule has 1 aromatic rings. The van der Waals surface area contributed by atoms with Crippen LogP contribution in [0.2, 0.25) is 0 Å². The summed E-state index contributed by atoms with van der Waals surface area (Å²) < 4.78 is 5.36. The molecule has 0 radical (unpaired) electrons. The van der Waals surface area contributed by atoms with Crippen molar-refractivity contribution in [2.75, 3.05) is 18.5 Å². The topological polar surface area (TPSA) is 80.3 Å². The summed E-state index contributed by atoms with van der Waals surface area (Å²) in [5.41, 5.74) is 0.808. The summed E-state index contributed by atoms with van der Waals surface area (Å²) in [7, 11) is 0. The van der Waals surface area contributed by atoms with E-state index in [0.29, 0.717) is 12.4 Å². The Kier molecular flexibility index (Phi) is 4.46. The van der Waals surface area contributed by atoms with Crippen LogP contribution in [-0.4, -0.2) is 36.1 Å². The Hall–Kier alpha value is -1.95. The average molecular weight is 263 g/mol. The highest BCUT2D eigenvalue weighted by Gasteiger charge is 2.19. The zero-order chi connectivity index (χ0) is 13.7. The molecule has 2 rings (SSSR count). The molecule has 0 aliphatic carbocycles. The molecule has 1 aliphatic rings. The minimum atomic E-state index is -0.709. The van der Waals surface area contributed by atoms with Gasteiger partial charge in [-0.05, 0) is 31.4 Å². The highest BCUT2D eigenvalue weighted by Crippen LogP contribution is 2.11. The Morgan fingerprint density at radius 1 is 1.47 bits per heavy atom. The molecule has 2 heterocycles. The van der Waals surface area contributed by atoms with Crippen molar-refractivity contribution in [3.8, 4) is 0 Å². The fourth-order valence-electron chi connectivity index (χ4n) is 1.87. The number of aryl methyl sites for hydroxylation is 1. The van der Waals surface area contributed by atoms with Crippen molar-refractivity contribution >= 4 is 17.6 Å². The van der Waals surface area contributed by atoms with Crippen molar-refractivity contribution in [2.45, 2.75) is 25.9 Å². The number of hydrogen-bond donors (Lipinski definition) is 2. The number of anilines is 1. The molecule has 19 heavy (non-hydrogen) atoms. The lowest BCUT2D eigenvalue weighted by atomic mass is 10.2. The van der Waals surface area contributed by atoms with Gasteiger partial charge in [-0.15, -0.1) is 0 Å². The quantitative estimate of drug-likeness (QED) is 0.784. The van der Waals surface area contributed by atoms with Gasteiger partial charge in [0.25, 0.3) is 0 Å². The third-order valence-corrected chi connectivity index (χ3v) is 2.96. The zero-order valence-corrected chi connectivity index (χ0v) is 10.8. The van der Waals surface area contributed by atoms with Crippen LogP contribution in [0.4, 0.5) is 5.82 Å². The standard InChI is InChI=1S/C13H17N3O3/c1-9-4-2-6-14-11(9)16-13(18)12(17)15-8-10-5-3-7-19-10/h2,4,6,10H,3,5,7-8H2,1H3,(H,15,17)(H,14,16,18)/t10-/m0/s1. The van der Waals surface area contributed by atoms with Gasteiger partial charge in [-0.3, -0.25) is 9.59 Å². The second-order valence-corrected chi connectivity index (χ2v) is 4.47. The normalized spacial score (nSPS) is 18.1. The van der Waals surface area contributed by atoms with E-state index in [9.17, 15) is 9.59 Å². The van der Waals surface area contributed by atoms with Crippen LogP contribution in [0, 0.1) is 6.92 Å². The largest absolute Gasteiger partial charge is 0.376 e. The number of nitrogens with one attached hydrogen (secondary N) is 2. The molecular formula is C13H17N3O3. The van der Waals surface area contributed by atoms with Crippen molar-refractivity contribution in [1.82, 2.24) is 10.3 Å². The van der Waals surface area contributed by atoms with E-state index in [1.165, 1.54) is 0 Å². The van der Waals surface area contributed by atoms with Gasteiger partial charge in [0.15, 0.2) is 0 Å². The van der Waals surface area contributed by atoms with Crippen LogP contribution in [0.5, 0.6) is 0 Å². The molecule has 1 aliphatic heterocycles. The van der Waals surface area contributed by atoms with Gasteiger partial charge in [0.2, 0.25) is 0 Å². The smallest absolute Gasteiger partial charge is 0.314 e. The molecule has 102 valence electrons.